The first-order valence-electron chi connectivity index (χ1n) is 8.63. The molecule has 2 aromatic carbocycles. The average Bonchev–Trinajstić information content (AvgIpc) is 2.66. The molecular formula is C21H19BrN2O4. The third-order valence-corrected chi connectivity index (χ3v) is 4.91. The lowest BCUT2D eigenvalue weighted by molar-refractivity contribution is -0.143. The number of halogens is 1. The predicted octanol–water partition coefficient (Wildman–Crippen LogP) is 3.77. The zero-order chi connectivity index (χ0) is 20.3. The van der Waals surface area contributed by atoms with Gasteiger partial charge in [0.05, 0.1) is 11.4 Å². The highest BCUT2D eigenvalue weighted by Gasteiger charge is 2.43. The van der Waals surface area contributed by atoms with Crippen LogP contribution < -0.4 is 10.2 Å². The van der Waals surface area contributed by atoms with Crippen molar-refractivity contribution in [1.29, 1.82) is 0 Å². The van der Waals surface area contributed by atoms with Crippen LogP contribution in [0.4, 0.5) is 11.4 Å². The summed E-state index contributed by atoms with van der Waals surface area (Å²) in [5.41, 5.74) is 0.833. The van der Waals surface area contributed by atoms with Crippen LogP contribution in [0.1, 0.15) is 19.4 Å². The monoisotopic (exact) mass is 442 g/mol. The van der Waals surface area contributed by atoms with E-state index in [0.29, 0.717) is 11.4 Å². The third kappa shape index (κ3) is 4.14. The second kappa shape index (κ2) is 7.98. The number of hydrogen-bond acceptors (Lipinski definition) is 4. The van der Waals surface area contributed by atoms with Gasteiger partial charge in [-0.25, -0.2) is 4.79 Å². The number of fused-ring (bicyclic) bond motifs is 1. The molecule has 7 heteroatoms. The number of benzene rings is 2. The normalized spacial score (nSPS) is 15.1. The number of hydrogen-bond donors (Lipinski definition) is 1. The molecule has 0 fully saturated rings. The van der Waals surface area contributed by atoms with Crippen molar-refractivity contribution in [1.82, 2.24) is 0 Å². The van der Waals surface area contributed by atoms with Crippen LogP contribution in [-0.4, -0.2) is 29.9 Å². The molecule has 0 unspecified atom stereocenters. The van der Waals surface area contributed by atoms with E-state index in [1.807, 2.05) is 24.3 Å². The number of nitrogens with zero attached hydrogens (tertiary/aromatic N) is 1. The fourth-order valence-corrected chi connectivity index (χ4v) is 3.15. The molecule has 3 rings (SSSR count). The van der Waals surface area contributed by atoms with Gasteiger partial charge in [0.2, 0.25) is 5.91 Å². The fourth-order valence-electron chi connectivity index (χ4n) is 2.88. The molecule has 0 saturated carbocycles. The molecule has 1 aliphatic heterocycles. The molecule has 144 valence electrons. The maximum atomic E-state index is 12.8. The van der Waals surface area contributed by atoms with Gasteiger partial charge >= 0.3 is 5.97 Å². The number of amides is 2. The van der Waals surface area contributed by atoms with Crippen molar-refractivity contribution in [2.24, 2.45) is 0 Å². The quantitative estimate of drug-likeness (QED) is 0.577. The Bertz CT molecular complexity index is 951. The topological polar surface area (TPSA) is 75.7 Å². The summed E-state index contributed by atoms with van der Waals surface area (Å²) in [6.07, 6.45) is 2.87. The van der Waals surface area contributed by atoms with E-state index in [9.17, 15) is 14.4 Å². The second-order valence-electron chi connectivity index (χ2n) is 6.75. The molecule has 0 bridgehead atoms. The highest BCUT2D eigenvalue weighted by Crippen LogP contribution is 2.36. The number of nitrogens with one attached hydrogen (secondary N) is 1. The van der Waals surface area contributed by atoms with Gasteiger partial charge in [-0.05, 0) is 49.8 Å². The van der Waals surface area contributed by atoms with Crippen molar-refractivity contribution in [3.05, 3.63) is 64.6 Å². The predicted molar refractivity (Wildman–Crippen MR) is 111 cm³/mol. The van der Waals surface area contributed by atoms with E-state index in [2.05, 4.69) is 21.2 Å². The maximum absolute atomic E-state index is 12.8. The Morgan fingerprint density at radius 2 is 1.82 bits per heavy atom. The van der Waals surface area contributed by atoms with Gasteiger partial charge < -0.3 is 10.1 Å². The van der Waals surface area contributed by atoms with Crippen molar-refractivity contribution >= 4 is 51.2 Å². The third-order valence-electron chi connectivity index (χ3n) is 4.38. The van der Waals surface area contributed by atoms with Gasteiger partial charge in [0.15, 0.2) is 6.61 Å². The minimum atomic E-state index is -1.11. The Morgan fingerprint density at radius 3 is 2.54 bits per heavy atom. The summed E-state index contributed by atoms with van der Waals surface area (Å²) in [7, 11) is 0. The lowest BCUT2D eigenvalue weighted by Gasteiger charge is -2.41. The maximum Gasteiger partial charge on any atom is 0.331 e. The summed E-state index contributed by atoms with van der Waals surface area (Å²) in [4.78, 5) is 38.5. The summed E-state index contributed by atoms with van der Waals surface area (Å²) in [6.45, 7) is 2.82. The SMILES string of the molecule is CC1(C)C(=O)Nc2ccccc2N1C(=O)COC(=O)/C=C/c1ccc(Br)cc1. The van der Waals surface area contributed by atoms with Crippen LogP contribution in [0.5, 0.6) is 0 Å². The van der Waals surface area contributed by atoms with Crippen molar-refractivity contribution in [3.8, 4) is 0 Å². The van der Waals surface area contributed by atoms with Crippen molar-refractivity contribution < 1.29 is 19.1 Å². The highest BCUT2D eigenvalue weighted by molar-refractivity contribution is 9.10. The number of carbonyl (C=O) groups is 3. The number of carbonyl (C=O) groups excluding carboxylic acids is 3. The standard InChI is InChI=1S/C21H19BrN2O4/c1-21(2)20(27)23-16-5-3-4-6-17(16)24(21)18(25)13-28-19(26)12-9-14-7-10-15(22)11-8-14/h3-12H,13H2,1-2H3,(H,23,27)/b12-9+. The fraction of sp³-hybridized carbons (Fsp3) is 0.190. The van der Waals surface area contributed by atoms with E-state index >= 15 is 0 Å². The van der Waals surface area contributed by atoms with Crippen molar-refractivity contribution in [3.63, 3.8) is 0 Å². The molecule has 28 heavy (non-hydrogen) atoms. The van der Waals surface area contributed by atoms with Gasteiger partial charge in [-0.15, -0.1) is 0 Å². The smallest absolute Gasteiger partial charge is 0.331 e. The van der Waals surface area contributed by atoms with Crippen LogP contribution in [0.15, 0.2) is 59.1 Å². The van der Waals surface area contributed by atoms with Crippen LogP contribution in [0.3, 0.4) is 0 Å². The molecule has 0 saturated heterocycles. The first-order valence-corrected chi connectivity index (χ1v) is 9.42. The van der Waals surface area contributed by atoms with Gasteiger partial charge in [-0.2, -0.15) is 0 Å². The minimum absolute atomic E-state index is 0.305. The summed E-state index contributed by atoms with van der Waals surface area (Å²) < 4.78 is 6.02. The molecule has 1 N–H and O–H groups in total. The minimum Gasteiger partial charge on any atom is -0.452 e. The Labute approximate surface area is 171 Å². The number of rotatable bonds is 4. The Balaban J connectivity index is 1.69. The molecule has 2 aromatic rings. The summed E-state index contributed by atoms with van der Waals surface area (Å²) in [5, 5.41) is 2.79. The Kier molecular flexibility index (Phi) is 5.65. The largest absolute Gasteiger partial charge is 0.452 e. The lowest BCUT2D eigenvalue weighted by atomic mass is 9.96. The van der Waals surface area contributed by atoms with E-state index in [-0.39, 0.29) is 5.91 Å². The van der Waals surface area contributed by atoms with Crippen molar-refractivity contribution in [2.45, 2.75) is 19.4 Å². The van der Waals surface area contributed by atoms with Gasteiger partial charge in [0, 0.05) is 10.5 Å². The summed E-state index contributed by atoms with van der Waals surface area (Å²) >= 11 is 3.34. The molecule has 1 aliphatic rings. The van der Waals surface area contributed by atoms with E-state index in [4.69, 9.17) is 4.74 Å². The van der Waals surface area contributed by atoms with Gasteiger partial charge in [-0.1, -0.05) is 40.2 Å². The van der Waals surface area contributed by atoms with E-state index in [0.717, 1.165) is 10.0 Å². The first-order chi connectivity index (χ1) is 13.3. The zero-order valence-corrected chi connectivity index (χ0v) is 17.0. The molecule has 0 radical (unpaired) electrons. The first kappa shape index (κ1) is 19.8. The number of esters is 1. The van der Waals surface area contributed by atoms with Crippen LogP contribution in [0.2, 0.25) is 0 Å². The molecule has 6 nitrogen and oxygen atoms in total. The van der Waals surface area contributed by atoms with Crippen LogP contribution in [0.25, 0.3) is 6.08 Å². The van der Waals surface area contributed by atoms with Crippen molar-refractivity contribution in [2.75, 3.05) is 16.8 Å². The summed E-state index contributed by atoms with van der Waals surface area (Å²) in [5.74, 6) is -1.41. The van der Waals surface area contributed by atoms with E-state index in [1.165, 1.54) is 11.0 Å². The van der Waals surface area contributed by atoms with Crippen LogP contribution in [-0.2, 0) is 19.1 Å². The van der Waals surface area contributed by atoms with E-state index < -0.39 is 24.0 Å². The number of para-hydroxylation sites is 2. The van der Waals surface area contributed by atoms with Crippen LogP contribution >= 0.6 is 15.9 Å². The van der Waals surface area contributed by atoms with Gasteiger partial charge in [0.1, 0.15) is 5.54 Å². The number of anilines is 2. The highest BCUT2D eigenvalue weighted by atomic mass is 79.9. The molecular weight excluding hydrogens is 424 g/mol. The van der Waals surface area contributed by atoms with Crippen LogP contribution in [0, 0.1) is 0 Å². The molecule has 0 aromatic heterocycles. The number of ether oxygens (including phenoxy) is 1. The molecule has 2 amide bonds. The Morgan fingerprint density at radius 1 is 1.14 bits per heavy atom. The van der Waals surface area contributed by atoms with Gasteiger partial charge in [-0.3, -0.25) is 14.5 Å². The second-order valence-corrected chi connectivity index (χ2v) is 7.67. The molecule has 0 atom stereocenters. The Hall–Kier alpha value is -2.93. The summed E-state index contributed by atoms with van der Waals surface area (Å²) in [6, 6.07) is 14.4. The average molecular weight is 443 g/mol. The lowest BCUT2D eigenvalue weighted by Crippen LogP contribution is -2.59. The van der Waals surface area contributed by atoms with Gasteiger partial charge in [0.25, 0.3) is 5.91 Å². The molecule has 0 aliphatic carbocycles. The molecule has 1 heterocycles. The molecule has 0 spiro atoms. The van der Waals surface area contributed by atoms with E-state index in [1.54, 1.807) is 44.2 Å². The zero-order valence-electron chi connectivity index (χ0n) is 15.4.